The molecule has 0 saturated heterocycles. The summed E-state index contributed by atoms with van der Waals surface area (Å²) in [6.45, 7) is 0. The van der Waals surface area contributed by atoms with E-state index in [4.69, 9.17) is 0 Å². The molecule has 4 heteroatoms. The van der Waals surface area contributed by atoms with Crippen molar-refractivity contribution in [2.24, 2.45) is 0 Å². The molecule has 28 aromatic rings. The van der Waals surface area contributed by atoms with E-state index in [1.54, 1.807) is 0 Å². The van der Waals surface area contributed by atoms with Crippen molar-refractivity contribution in [1.29, 1.82) is 0 Å². The predicted molar refractivity (Wildman–Crippen MR) is 578 cm³/mol. The van der Waals surface area contributed by atoms with Gasteiger partial charge in [-0.3, -0.25) is 0 Å². The molecule has 136 heavy (non-hydrogen) atoms. The van der Waals surface area contributed by atoms with Crippen LogP contribution in [0.1, 0.15) is 0 Å². The maximum absolute atomic E-state index is 2.52. The Kier molecular flexibility index (Phi) is 17.4. The molecule has 0 fully saturated rings. The molecule has 0 aliphatic heterocycles. The fraction of sp³-hybridized carbons (Fsp3) is 0. The van der Waals surface area contributed by atoms with Crippen LogP contribution in [0.15, 0.2) is 497 Å². The summed E-state index contributed by atoms with van der Waals surface area (Å²) >= 11 is 0. The zero-order valence-electron chi connectivity index (χ0n) is 74.1. The van der Waals surface area contributed by atoms with E-state index in [-0.39, 0.29) is 0 Å². The Morgan fingerprint density at radius 2 is 0.360 bits per heavy atom. The molecular weight excluding hydrogens is 1640 g/mol. The fourth-order valence-corrected chi connectivity index (χ4v) is 23.2. The van der Waals surface area contributed by atoms with Crippen molar-refractivity contribution in [3.63, 3.8) is 0 Å². The van der Waals surface area contributed by atoms with Crippen molar-refractivity contribution in [3.05, 3.63) is 497 Å². The monoisotopic (exact) mass is 1720 g/mol. The highest BCUT2D eigenvalue weighted by Gasteiger charge is 2.28. The second kappa shape index (κ2) is 30.8. The molecule has 0 unspecified atom stereocenters. The number of para-hydroxylation sites is 7. The molecule has 4 nitrogen and oxygen atoms in total. The van der Waals surface area contributed by atoms with Crippen LogP contribution in [0.25, 0.3) is 275 Å². The van der Waals surface area contributed by atoms with E-state index in [0.29, 0.717) is 0 Å². The number of hydrogen-bond acceptors (Lipinski definition) is 0. The summed E-state index contributed by atoms with van der Waals surface area (Å²) in [5, 5.41) is 24.0. The summed E-state index contributed by atoms with van der Waals surface area (Å²) in [6.07, 6.45) is 0. The van der Waals surface area contributed by atoms with Crippen molar-refractivity contribution in [2.75, 3.05) is 0 Å². The summed E-state index contributed by atoms with van der Waals surface area (Å²) in [7, 11) is 0. The van der Waals surface area contributed by atoms with Crippen LogP contribution in [0.2, 0.25) is 0 Å². The van der Waals surface area contributed by atoms with Gasteiger partial charge in [0.2, 0.25) is 0 Å². The van der Waals surface area contributed by atoms with Gasteiger partial charge in [-0.15, -0.1) is 0 Å². The summed E-state index contributed by atoms with van der Waals surface area (Å²) in [6, 6.07) is 187. The summed E-state index contributed by atoms with van der Waals surface area (Å²) in [5.74, 6) is 0. The minimum atomic E-state index is 1.09. The standard InChI is InChI=1S/C132H82N4/c1-6-31-83(32-7-1)101-70-63-85-35-16-17-42-100(85)129(101)131-111-53-27-48-96(87-66-75-125-119(77-87)106-45-20-24-59-123(106)133(125)91-36-10-3-11-37-91)115(111)81-116-97(49-28-54-112(116)131)88-67-76-126-120(78-88)107-46-21-25-60-124(107)134(126)94-68-61-86(62-69-94)95-47-26-52-110-103(95)74-73-102(84-33-8-2-9-34-84)130(110)132-113-55-29-50-98(89-64-71-108-104-43-18-22-57-121(104)135(127(108)79-89)92-38-12-4-13-39-92)117(113)82-118-99(51-30-56-114(118)132)90-65-72-109-105-44-19-23-58-122(105)136(128(109)80-90)93-40-14-5-15-41-93/h1-82H. The average molecular weight is 1720 g/mol. The normalized spacial score (nSPS) is 12.0. The fourth-order valence-electron chi connectivity index (χ4n) is 23.2. The molecule has 0 bridgehead atoms. The molecule has 0 spiro atoms. The molecule has 0 atom stereocenters. The van der Waals surface area contributed by atoms with Gasteiger partial charge in [-0.1, -0.05) is 376 Å². The highest BCUT2D eigenvalue weighted by Crippen LogP contribution is 2.54. The summed E-state index contributed by atoms with van der Waals surface area (Å²) in [4.78, 5) is 0. The Bertz CT molecular complexity index is 9610. The SMILES string of the molecule is c1ccc(-c2ccc3ccccc3c2-c2c3cccc(-c4ccc5c(c4)c4ccccc4n5-c4ccccc4)c3cc3c(-c4ccc5c(c4)c4ccccc4n5-c4ccc(-c5cccc6c(-c7c8cccc(-c9ccc%10c%11ccccc%11n(-c%11ccccc%11)c%10c9)c8cc8c(-c9ccc%10c%11ccccc%11n(-c%11ccccc%11)c%10c9)cccc78)c(-c7ccccc7)ccc56)cc4)cccc23)cc1. The Balaban J connectivity index is 0.617. The van der Waals surface area contributed by atoms with Gasteiger partial charge in [0.1, 0.15) is 0 Å². The molecule has 4 aromatic heterocycles. The van der Waals surface area contributed by atoms with Crippen LogP contribution in [0.3, 0.4) is 0 Å². The number of aromatic nitrogens is 4. The minimum absolute atomic E-state index is 1.09. The molecule has 0 saturated carbocycles. The van der Waals surface area contributed by atoms with Gasteiger partial charge in [0.05, 0.1) is 44.1 Å². The first-order chi connectivity index (χ1) is 67.5. The van der Waals surface area contributed by atoms with Crippen LogP contribution in [-0.4, -0.2) is 18.3 Å². The lowest BCUT2D eigenvalue weighted by molar-refractivity contribution is 1.18. The van der Waals surface area contributed by atoms with Crippen LogP contribution in [0, 0.1) is 0 Å². The van der Waals surface area contributed by atoms with E-state index in [2.05, 4.69) is 516 Å². The first-order valence-electron chi connectivity index (χ1n) is 47.1. The third kappa shape index (κ3) is 11.9. The number of hydrogen-bond donors (Lipinski definition) is 0. The van der Waals surface area contributed by atoms with E-state index < -0.39 is 0 Å². The predicted octanol–water partition coefficient (Wildman–Crippen LogP) is 36.0. The zero-order valence-corrected chi connectivity index (χ0v) is 74.1. The van der Waals surface area contributed by atoms with E-state index in [0.717, 1.165) is 67.2 Å². The highest BCUT2D eigenvalue weighted by atomic mass is 15.0. The largest absolute Gasteiger partial charge is 0.309 e. The Hall–Kier alpha value is -18.0. The van der Waals surface area contributed by atoms with Gasteiger partial charge < -0.3 is 18.3 Å². The van der Waals surface area contributed by atoms with Crippen molar-refractivity contribution in [2.45, 2.75) is 0 Å². The van der Waals surface area contributed by atoms with Crippen molar-refractivity contribution < 1.29 is 0 Å². The lowest BCUT2D eigenvalue weighted by atomic mass is 9.81. The van der Waals surface area contributed by atoms with Crippen LogP contribution < -0.4 is 0 Å². The third-order valence-electron chi connectivity index (χ3n) is 29.2. The van der Waals surface area contributed by atoms with Crippen LogP contribution in [0.5, 0.6) is 0 Å². The van der Waals surface area contributed by atoms with E-state index in [9.17, 15) is 0 Å². The molecule has 630 valence electrons. The van der Waals surface area contributed by atoms with Crippen molar-refractivity contribution in [3.8, 4) is 123 Å². The third-order valence-corrected chi connectivity index (χ3v) is 29.2. The Morgan fingerprint density at radius 3 is 0.765 bits per heavy atom. The number of benzene rings is 24. The molecule has 28 rings (SSSR count). The van der Waals surface area contributed by atoms with Gasteiger partial charge in [-0.05, 0) is 286 Å². The molecule has 0 aliphatic carbocycles. The second-order valence-electron chi connectivity index (χ2n) is 36.3. The van der Waals surface area contributed by atoms with Crippen LogP contribution in [0.4, 0.5) is 0 Å². The van der Waals surface area contributed by atoms with Gasteiger partial charge in [0, 0.05) is 65.8 Å². The Labute approximate surface area is 784 Å². The van der Waals surface area contributed by atoms with Gasteiger partial charge in [-0.25, -0.2) is 0 Å². The van der Waals surface area contributed by atoms with Gasteiger partial charge in [0.15, 0.2) is 0 Å². The van der Waals surface area contributed by atoms with Gasteiger partial charge >= 0.3 is 0 Å². The molecule has 0 N–H and O–H groups in total. The zero-order chi connectivity index (χ0) is 89.2. The maximum Gasteiger partial charge on any atom is 0.0547 e. The quantitative estimate of drug-likeness (QED) is 0.103. The number of fused-ring (bicyclic) bond motifs is 18. The molecule has 4 heterocycles. The lowest BCUT2D eigenvalue weighted by Gasteiger charge is -2.22. The maximum atomic E-state index is 2.52. The smallest absolute Gasteiger partial charge is 0.0547 e. The summed E-state index contributed by atoms with van der Waals surface area (Å²) in [5.41, 5.74) is 35.0. The van der Waals surface area contributed by atoms with Gasteiger partial charge in [-0.2, -0.15) is 0 Å². The average Bonchev–Trinajstić information content (AvgIpc) is 1.79. The van der Waals surface area contributed by atoms with E-state index >= 15 is 0 Å². The van der Waals surface area contributed by atoms with E-state index in [1.807, 2.05) is 0 Å². The summed E-state index contributed by atoms with van der Waals surface area (Å²) < 4.78 is 9.77. The molecule has 0 amide bonds. The minimum Gasteiger partial charge on any atom is -0.309 e. The first kappa shape index (κ1) is 76.9. The number of rotatable bonds is 13. The van der Waals surface area contributed by atoms with Crippen molar-refractivity contribution >= 4 is 152 Å². The highest BCUT2D eigenvalue weighted by molar-refractivity contribution is 6.28. The first-order valence-corrected chi connectivity index (χ1v) is 47.1. The molecule has 0 radical (unpaired) electrons. The second-order valence-corrected chi connectivity index (χ2v) is 36.3. The van der Waals surface area contributed by atoms with Crippen LogP contribution >= 0.6 is 0 Å². The molecule has 24 aromatic carbocycles. The van der Waals surface area contributed by atoms with Crippen LogP contribution in [-0.2, 0) is 0 Å². The Morgan fingerprint density at radius 1 is 0.103 bits per heavy atom. The van der Waals surface area contributed by atoms with E-state index in [1.165, 1.54) is 208 Å². The number of nitrogens with zero attached hydrogens (tertiary/aromatic N) is 4. The van der Waals surface area contributed by atoms with Crippen molar-refractivity contribution in [1.82, 2.24) is 18.3 Å². The molecular formula is C132H82N4. The van der Waals surface area contributed by atoms with Gasteiger partial charge in [0.25, 0.3) is 0 Å². The lowest BCUT2D eigenvalue weighted by Crippen LogP contribution is -1.96. The molecule has 0 aliphatic rings. The topological polar surface area (TPSA) is 19.7 Å².